The van der Waals surface area contributed by atoms with Gasteiger partial charge in [-0.15, -0.1) is 0 Å². The third-order valence-electron chi connectivity index (χ3n) is 4.86. The smallest absolute Gasteiger partial charge is 0.255 e. The van der Waals surface area contributed by atoms with E-state index in [4.69, 9.17) is 9.47 Å². The van der Waals surface area contributed by atoms with Crippen molar-refractivity contribution in [1.29, 1.82) is 0 Å². The number of aliphatic hydroxyl groups excluding tert-OH is 1. The first-order chi connectivity index (χ1) is 13.9. The molecular weight excluding hydrogens is 376 g/mol. The van der Waals surface area contributed by atoms with Crippen LogP contribution >= 0.6 is 0 Å². The van der Waals surface area contributed by atoms with Crippen molar-refractivity contribution in [2.45, 2.75) is 17.8 Å². The van der Waals surface area contributed by atoms with Crippen LogP contribution in [0.2, 0.25) is 0 Å². The zero-order chi connectivity index (χ0) is 20.9. The molecule has 0 unspecified atom stereocenters. The largest absolute Gasteiger partial charge is 0.496 e. The molecule has 1 heterocycles. The van der Waals surface area contributed by atoms with Gasteiger partial charge < -0.3 is 30.3 Å². The van der Waals surface area contributed by atoms with Gasteiger partial charge in [-0.25, -0.2) is 0 Å². The van der Waals surface area contributed by atoms with Gasteiger partial charge in [0.15, 0.2) is 0 Å². The minimum absolute atomic E-state index is 0.00695. The number of carbonyl (C=O) groups is 2. The quantitative estimate of drug-likeness (QED) is 0.533. The van der Waals surface area contributed by atoms with Crippen molar-refractivity contribution in [3.05, 3.63) is 65.7 Å². The molecular formula is C21H24N2O6. The van der Waals surface area contributed by atoms with Gasteiger partial charge in [-0.1, -0.05) is 30.3 Å². The molecule has 2 aromatic rings. The van der Waals surface area contributed by atoms with E-state index in [1.165, 1.54) is 7.11 Å². The molecule has 0 aromatic heterocycles. The molecule has 4 N–H and O–H groups in total. The fourth-order valence-corrected chi connectivity index (χ4v) is 3.15. The maximum atomic E-state index is 12.4. The lowest BCUT2D eigenvalue weighted by Crippen LogP contribution is -2.53. The molecule has 8 heteroatoms. The topological polar surface area (TPSA) is 117 Å². The number of amides is 2. The maximum absolute atomic E-state index is 12.4. The molecule has 29 heavy (non-hydrogen) atoms. The van der Waals surface area contributed by atoms with Gasteiger partial charge >= 0.3 is 0 Å². The molecule has 154 valence electrons. The third-order valence-corrected chi connectivity index (χ3v) is 4.86. The molecule has 0 aliphatic carbocycles. The van der Waals surface area contributed by atoms with Gasteiger partial charge in [0.25, 0.3) is 11.8 Å². The van der Waals surface area contributed by atoms with E-state index in [2.05, 4.69) is 10.6 Å². The third kappa shape index (κ3) is 4.73. The number of hydrogen-bond acceptors (Lipinski definition) is 6. The second kappa shape index (κ2) is 9.04. The predicted octanol–water partition coefficient (Wildman–Crippen LogP) is 0.346. The molecule has 3 atom stereocenters. The van der Waals surface area contributed by atoms with Crippen molar-refractivity contribution in [1.82, 2.24) is 10.6 Å². The molecule has 1 aliphatic rings. The molecule has 0 bridgehead atoms. The minimum atomic E-state index is -1.65. The Hall–Kier alpha value is -2.94. The summed E-state index contributed by atoms with van der Waals surface area (Å²) < 4.78 is 10.6. The number of hydrogen-bond donors (Lipinski definition) is 4. The Bertz CT molecular complexity index is 859. The molecule has 1 aliphatic heterocycles. The summed E-state index contributed by atoms with van der Waals surface area (Å²) in [5, 5.41) is 26.4. The summed E-state index contributed by atoms with van der Waals surface area (Å²) in [6, 6.07) is 15.3. The molecule has 2 aromatic carbocycles. The Labute approximate surface area is 168 Å². The first kappa shape index (κ1) is 20.8. The molecule has 3 rings (SSSR count). The van der Waals surface area contributed by atoms with Crippen LogP contribution in [0.15, 0.2) is 54.6 Å². The first-order valence-electron chi connectivity index (χ1n) is 9.21. The SMILES string of the molecule is COc1ccccc1C(=O)NC[C@H]1OC[C@@](O)(CNC(=O)c2ccccc2)[C@@H]1O. The predicted molar refractivity (Wildman–Crippen MR) is 105 cm³/mol. The summed E-state index contributed by atoms with van der Waals surface area (Å²) >= 11 is 0. The first-order valence-corrected chi connectivity index (χ1v) is 9.21. The monoisotopic (exact) mass is 400 g/mol. The van der Waals surface area contributed by atoms with E-state index in [-0.39, 0.29) is 31.5 Å². The Morgan fingerprint density at radius 2 is 1.79 bits per heavy atom. The number of rotatable bonds is 7. The summed E-state index contributed by atoms with van der Waals surface area (Å²) in [4.78, 5) is 24.5. The van der Waals surface area contributed by atoms with Crippen LogP contribution in [0.25, 0.3) is 0 Å². The van der Waals surface area contributed by atoms with Crippen LogP contribution in [-0.2, 0) is 4.74 Å². The second-order valence-corrected chi connectivity index (χ2v) is 6.86. The van der Waals surface area contributed by atoms with E-state index in [0.717, 1.165) is 0 Å². The van der Waals surface area contributed by atoms with Gasteiger partial charge in [0.05, 0.1) is 25.8 Å². The molecule has 2 amide bonds. The van der Waals surface area contributed by atoms with E-state index in [9.17, 15) is 19.8 Å². The van der Waals surface area contributed by atoms with E-state index in [1.807, 2.05) is 0 Å². The Balaban J connectivity index is 1.54. The lowest BCUT2D eigenvalue weighted by atomic mass is 9.96. The highest BCUT2D eigenvalue weighted by Gasteiger charge is 2.48. The second-order valence-electron chi connectivity index (χ2n) is 6.86. The average molecular weight is 400 g/mol. The van der Waals surface area contributed by atoms with Crippen LogP contribution in [-0.4, -0.2) is 66.6 Å². The van der Waals surface area contributed by atoms with Crippen molar-refractivity contribution in [3.8, 4) is 5.75 Å². The standard InChI is InChI=1S/C21H24N2O6/c1-28-16-10-6-5-9-15(16)20(26)22-11-17-18(24)21(27,13-29-17)12-23-19(25)14-7-3-2-4-8-14/h2-10,17-18,24,27H,11-13H2,1H3,(H,22,26)(H,23,25)/t17-,18-,21+/m1/s1. The molecule has 8 nitrogen and oxygen atoms in total. The number of nitrogens with one attached hydrogen (secondary N) is 2. The zero-order valence-corrected chi connectivity index (χ0v) is 16.0. The summed E-state index contributed by atoms with van der Waals surface area (Å²) in [7, 11) is 1.47. The molecule has 0 spiro atoms. The molecule has 0 radical (unpaired) electrons. The normalized spacial score (nSPS) is 23.4. The van der Waals surface area contributed by atoms with Gasteiger partial charge in [-0.05, 0) is 24.3 Å². The van der Waals surface area contributed by atoms with Crippen molar-refractivity contribution in [2.75, 3.05) is 26.8 Å². The highest BCUT2D eigenvalue weighted by atomic mass is 16.5. The fraction of sp³-hybridized carbons (Fsp3) is 0.333. The van der Waals surface area contributed by atoms with Crippen LogP contribution in [0, 0.1) is 0 Å². The van der Waals surface area contributed by atoms with Gasteiger partial charge in [0.1, 0.15) is 23.6 Å². The van der Waals surface area contributed by atoms with Crippen LogP contribution < -0.4 is 15.4 Å². The Morgan fingerprint density at radius 1 is 1.10 bits per heavy atom. The number of aliphatic hydroxyl groups is 2. The zero-order valence-electron chi connectivity index (χ0n) is 16.0. The highest BCUT2D eigenvalue weighted by Crippen LogP contribution is 2.24. The van der Waals surface area contributed by atoms with Crippen LogP contribution in [0.1, 0.15) is 20.7 Å². The lowest BCUT2D eigenvalue weighted by Gasteiger charge is -2.26. The van der Waals surface area contributed by atoms with Crippen molar-refractivity contribution < 1.29 is 29.3 Å². The van der Waals surface area contributed by atoms with Gasteiger partial charge in [0, 0.05) is 12.1 Å². The highest BCUT2D eigenvalue weighted by molar-refractivity contribution is 5.97. The van der Waals surface area contributed by atoms with Crippen molar-refractivity contribution >= 4 is 11.8 Å². The lowest BCUT2D eigenvalue weighted by molar-refractivity contribution is -0.0464. The molecule has 1 saturated heterocycles. The van der Waals surface area contributed by atoms with Crippen LogP contribution in [0.4, 0.5) is 0 Å². The number of benzene rings is 2. The van der Waals surface area contributed by atoms with E-state index in [1.54, 1.807) is 54.6 Å². The van der Waals surface area contributed by atoms with Gasteiger partial charge in [-0.3, -0.25) is 9.59 Å². The minimum Gasteiger partial charge on any atom is -0.496 e. The summed E-state index contributed by atoms with van der Waals surface area (Å²) in [5.41, 5.74) is -0.845. The van der Waals surface area contributed by atoms with Crippen LogP contribution in [0.5, 0.6) is 5.75 Å². The van der Waals surface area contributed by atoms with E-state index >= 15 is 0 Å². The average Bonchev–Trinajstić information content (AvgIpc) is 3.05. The van der Waals surface area contributed by atoms with Gasteiger partial charge in [0.2, 0.25) is 0 Å². The Morgan fingerprint density at radius 3 is 2.52 bits per heavy atom. The summed E-state index contributed by atoms with van der Waals surface area (Å²) in [6.07, 6.45) is -2.09. The number of ether oxygens (including phenoxy) is 2. The Kier molecular flexibility index (Phi) is 6.48. The van der Waals surface area contributed by atoms with Crippen LogP contribution in [0.3, 0.4) is 0 Å². The molecule has 0 saturated carbocycles. The summed E-state index contributed by atoms with van der Waals surface area (Å²) in [6.45, 7) is -0.357. The fourth-order valence-electron chi connectivity index (χ4n) is 3.15. The van der Waals surface area contributed by atoms with Crippen molar-refractivity contribution in [3.63, 3.8) is 0 Å². The van der Waals surface area contributed by atoms with Gasteiger partial charge in [-0.2, -0.15) is 0 Å². The van der Waals surface area contributed by atoms with E-state index in [0.29, 0.717) is 16.9 Å². The summed E-state index contributed by atoms with van der Waals surface area (Å²) in [5.74, 6) is -0.316. The number of para-hydroxylation sites is 1. The maximum Gasteiger partial charge on any atom is 0.255 e. The molecule has 1 fully saturated rings. The number of methoxy groups -OCH3 is 1. The van der Waals surface area contributed by atoms with Crippen molar-refractivity contribution in [2.24, 2.45) is 0 Å². The van der Waals surface area contributed by atoms with E-state index < -0.39 is 17.8 Å². The number of carbonyl (C=O) groups excluding carboxylic acids is 2.